The number of carbonyl (C=O) groups is 1. The summed E-state index contributed by atoms with van der Waals surface area (Å²) in [6.45, 7) is 2.42. The molecule has 6 nitrogen and oxygen atoms in total. The summed E-state index contributed by atoms with van der Waals surface area (Å²) in [5.74, 6) is 0.0177. The fourth-order valence-corrected chi connectivity index (χ4v) is 4.20. The van der Waals surface area contributed by atoms with Gasteiger partial charge in [0.2, 0.25) is 5.95 Å². The van der Waals surface area contributed by atoms with Crippen molar-refractivity contribution in [2.45, 2.75) is 25.6 Å². The molecular formula is C18H17ClFN5OS. The third-order valence-corrected chi connectivity index (χ3v) is 5.70. The van der Waals surface area contributed by atoms with Crippen molar-refractivity contribution >= 4 is 45.0 Å². The lowest BCUT2D eigenvalue weighted by molar-refractivity contribution is 0.0779. The maximum Gasteiger partial charge on any atom is 0.274 e. The van der Waals surface area contributed by atoms with E-state index in [0.29, 0.717) is 33.5 Å². The minimum atomic E-state index is -0.986. The lowest BCUT2D eigenvalue weighted by Gasteiger charge is -2.17. The molecule has 2 atom stereocenters. The van der Waals surface area contributed by atoms with Crippen molar-refractivity contribution in [2.24, 2.45) is 0 Å². The molecule has 1 aliphatic rings. The summed E-state index contributed by atoms with van der Waals surface area (Å²) in [6, 6.07) is 7.20. The minimum Gasteiger partial charge on any atom is -0.346 e. The molecule has 4 rings (SSSR count). The Morgan fingerprint density at radius 1 is 1.44 bits per heavy atom. The number of rotatable bonds is 4. The molecule has 3 aromatic rings. The van der Waals surface area contributed by atoms with Crippen LogP contribution >= 0.6 is 22.9 Å². The second kappa shape index (κ2) is 7.36. The average Bonchev–Trinajstić information content (AvgIpc) is 3.26. The highest BCUT2D eigenvalue weighted by atomic mass is 35.5. The molecule has 9 heteroatoms. The van der Waals surface area contributed by atoms with E-state index in [1.807, 2.05) is 25.1 Å². The van der Waals surface area contributed by atoms with Gasteiger partial charge < -0.3 is 10.2 Å². The van der Waals surface area contributed by atoms with Crippen molar-refractivity contribution in [3.8, 4) is 0 Å². The summed E-state index contributed by atoms with van der Waals surface area (Å²) in [4.78, 5) is 27.6. The van der Waals surface area contributed by atoms with E-state index < -0.39 is 6.17 Å². The quantitative estimate of drug-likeness (QED) is 0.707. The summed E-state index contributed by atoms with van der Waals surface area (Å²) in [5, 5.41) is 3.19. The van der Waals surface area contributed by atoms with Crippen molar-refractivity contribution in [3.63, 3.8) is 0 Å². The monoisotopic (exact) mass is 405 g/mol. The molecule has 3 aromatic heterocycles. The third-order valence-electron chi connectivity index (χ3n) is 4.44. The normalized spacial score (nSPS) is 18.0. The van der Waals surface area contributed by atoms with Crippen molar-refractivity contribution in [3.05, 3.63) is 46.2 Å². The first-order valence-electron chi connectivity index (χ1n) is 8.59. The molecule has 0 aromatic carbocycles. The van der Waals surface area contributed by atoms with E-state index in [2.05, 4.69) is 20.3 Å². The fourth-order valence-electron chi connectivity index (χ4n) is 3.06. The van der Waals surface area contributed by atoms with E-state index in [1.165, 1.54) is 16.2 Å². The van der Waals surface area contributed by atoms with E-state index in [4.69, 9.17) is 11.6 Å². The van der Waals surface area contributed by atoms with Crippen LogP contribution < -0.4 is 5.32 Å². The number of halogens is 2. The Morgan fingerprint density at radius 3 is 3.00 bits per heavy atom. The molecule has 0 saturated carbocycles. The molecule has 140 valence electrons. The Kier molecular flexibility index (Phi) is 4.92. The summed E-state index contributed by atoms with van der Waals surface area (Å²) in [5.41, 5.74) is 1.68. The van der Waals surface area contributed by atoms with Crippen LogP contribution in [-0.4, -0.2) is 45.0 Å². The van der Waals surface area contributed by atoms with E-state index in [0.717, 1.165) is 5.69 Å². The van der Waals surface area contributed by atoms with Crippen LogP contribution in [0.4, 0.5) is 10.3 Å². The molecule has 0 spiro atoms. The molecule has 0 radical (unpaired) electrons. The molecule has 1 N–H and O–H groups in total. The van der Waals surface area contributed by atoms with Crippen LogP contribution in [-0.2, 0) is 0 Å². The lowest BCUT2D eigenvalue weighted by Crippen LogP contribution is -2.30. The number of pyridine rings is 1. The summed E-state index contributed by atoms with van der Waals surface area (Å²) in [7, 11) is 0. The second-order valence-electron chi connectivity index (χ2n) is 6.42. The van der Waals surface area contributed by atoms with Crippen molar-refractivity contribution in [1.82, 2.24) is 19.9 Å². The van der Waals surface area contributed by atoms with Crippen molar-refractivity contribution in [1.29, 1.82) is 0 Å². The Balaban J connectivity index is 1.69. The van der Waals surface area contributed by atoms with Gasteiger partial charge in [0, 0.05) is 12.7 Å². The molecule has 0 bridgehead atoms. The first-order chi connectivity index (χ1) is 13.0. The van der Waals surface area contributed by atoms with Gasteiger partial charge in [-0.2, -0.15) is 0 Å². The topological polar surface area (TPSA) is 71.0 Å². The Labute approximate surface area is 164 Å². The van der Waals surface area contributed by atoms with Gasteiger partial charge in [-0.1, -0.05) is 17.7 Å². The molecule has 1 aliphatic heterocycles. The lowest BCUT2D eigenvalue weighted by atomic mass is 10.2. The van der Waals surface area contributed by atoms with Crippen LogP contribution in [0.2, 0.25) is 4.34 Å². The fraction of sp³-hybridized carbons (Fsp3) is 0.333. The highest BCUT2D eigenvalue weighted by Gasteiger charge is 2.29. The van der Waals surface area contributed by atoms with Gasteiger partial charge in [-0.15, -0.1) is 11.3 Å². The molecule has 0 unspecified atom stereocenters. The van der Waals surface area contributed by atoms with Crippen molar-refractivity contribution < 1.29 is 9.18 Å². The van der Waals surface area contributed by atoms with Gasteiger partial charge in [0.05, 0.1) is 32.8 Å². The van der Waals surface area contributed by atoms with E-state index >= 15 is 0 Å². The molecule has 1 amide bonds. The molecule has 4 heterocycles. The molecule has 1 fully saturated rings. The zero-order valence-corrected chi connectivity index (χ0v) is 16.1. The zero-order valence-electron chi connectivity index (χ0n) is 14.5. The van der Waals surface area contributed by atoms with Crippen LogP contribution in [0.3, 0.4) is 0 Å². The number of likely N-dealkylation sites (tertiary alicyclic amines) is 1. The van der Waals surface area contributed by atoms with Gasteiger partial charge in [-0.3, -0.25) is 9.78 Å². The number of amides is 1. The van der Waals surface area contributed by atoms with Gasteiger partial charge in [0.25, 0.3) is 5.91 Å². The largest absolute Gasteiger partial charge is 0.346 e. The zero-order chi connectivity index (χ0) is 19.0. The van der Waals surface area contributed by atoms with Gasteiger partial charge in [-0.25, -0.2) is 14.4 Å². The van der Waals surface area contributed by atoms with E-state index in [-0.39, 0.29) is 24.2 Å². The molecule has 1 saturated heterocycles. The number of alkyl halides is 1. The second-order valence-corrected chi connectivity index (χ2v) is 8.10. The van der Waals surface area contributed by atoms with Crippen LogP contribution in [0.15, 0.2) is 30.5 Å². The Hall–Kier alpha value is -2.32. The average molecular weight is 406 g/mol. The van der Waals surface area contributed by atoms with E-state index in [9.17, 15) is 9.18 Å². The number of thiophene rings is 1. The Morgan fingerprint density at radius 2 is 2.30 bits per heavy atom. The van der Waals surface area contributed by atoms with Gasteiger partial charge in [0.15, 0.2) is 5.69 Å². The highest BCUT2D eigenvalue weighted by Crippen LogP contribution is 2.32. The van der Waals surface area contributed by atoms with Crippen LogP contribution in [0, 0.1) is 0 Å². The number of hydrogen-bond acceptors (Lipinski definition) is 6. The predicted molar refractivity (Wildman–Crippen MR) is 104 cm³/mol. The minimum absolute atomic E-state index is 0.0938. The summed E-state index contributed by atoms with van der Waals surface area (Å²) in [6.07, 6.45) is 1.08. The first-order valence-corrected chi connectivity index (χ1v) is 9.78. The number of nitrogens with one attached hydrogen (secondary N) is 1. The standard InChI is InChI=1S/C18H17ClFN5OS/c1-10(12-4-2-3-6-21-12)22-18-23-13-8-14(19)27-16(13)15(24-18)17(26)25-7-5-11(20)9-25/h2-4,6,8,10-11H,5,7,9H2,1H3,(H,22,23,24)/t10-,11+/m0/s1. The number of anilines is 1. The van der Waals surface area contributed by atoms with Crippen LogP contribution in [0.25, 0.3) is 10.2 Å². The SMILES string of the molecule is C[C@H](Nc1nc(C(=O)N2CC[C@@H](F)C2)c2sc(Cl)cc2n1)c1ccccn1. The first kappa shape index (κ1) is 18.1. The van der Waals surface area contributed by atoms with E-state index in [1.54, 1.807) is 12.3 Å². The van der Waals surface area contributed by atoms with Crippen LogP contribution in [0.1, 0.15) is 35.6 Å². The van der Waals surface area contributed by atoms with Gasteiger partial charge in [0.1, 0.15) is 6.17 Å². The highest BCUT2D eigenvalue weighted by molar-refractivity contribution is 7.23. The number of nitrogens with zero attached hydrogens (tertiary/aromatic N) is 4. The van der Waals surface area contributed by atoms with Crippen molar-refractivity contribution in [2.75, 3.05) is 18.4 Å². The molecule has 0 aliphatic carbocycles. The maximum atomic E-state index is 13.5. The molecule has 27 heavy (non-hydrogen) atoms. The summed E-state index contributed by atoms with van der Waals surface area (Å²) >= 11 is 7.38. The summed E-state index contributed by atoms with van der Waals surface area (Å²) < 4.78 is 14.7. The smallest absolute Gasteiger partial charge is 0.274 e. The van der Waals surface area contributed by atoms with Gasteiger partial charge >= 0.3 is 0 Å². The number of carbonyl (C=O) groups excluding carboxylic acids is 1. The number of hydrogen-bond donors (Lipinski definition) is 1. The number of aromatic nitrogens is 3. The van der Waals surface area contributed by atoms with Crippen LogP contribution in [0.5, 0.6) is 0 Å². The molecular weight excluding hydrogens is 389 g/mol. The Bertz CT molecular complexity index is 983. The third kappa shape index (κ3) is 3.72. The predicted octanol–water partition coefficient (Wildman–Crippen LogP) is 4.10. The number of fused-ring (bicyclic) bond motifs is 1. The maximum absolute atomic E-state index is 13.5. The van der Waals surface area contributed by atoms with Gasteiger partial charge in [-0.05, 0) is 31.5 Å².